The van der Waals surface area contributed by atoms with Crippen LogP contribution < -0.4 is 4.90 Å². The van der Waals surface area contributed by atoms with Crippen LogP contribution in [0.25, 0.3) is 28.0 Å². The number of phenolic OH excluding ortho intramolecular Hbond substituents is 1. The number of piperidine rings is 1. The maximum Gasteiger partial charge on any atom is 0.337 e. The molecule has 2 N–H and O–H groups in total. The van der Waals surface area contributed by atoms with Gasteiger partial charge < -0.3 is 19.8 Å². The first-order valence-electron chi connectivity index (χ1n) is 14.7. The van der Waals surface area contributed by atoms with Crippen molar-refractivity contribution < 1.29 is 19.7 Å². The van der Waals surface area contributed by atoms with Gasteiger partial charge in [-0.1, -0.05) is 67.6 Å². The molecule has 3 heterocycles. The van der Waals surface area contributed by atoms with E-state index in [-0.39, 0.29) is 11.2 Å². The Morgan fingerprint density at radius 1 is 1.14 bits per heavy atom. The molecule has 0 radical (unpaired) electrons. The molecular formula is C35H39ClN4O4. The van der Waals surface area contributed by atoms with Crippen LogP contribution in [0.4, 0.5) is 5.82 Å². The predicted octanol–water partition coefficient (Wildman–Crippen LogP) is 8.02. The van der Waals surface area contributed by atoms with Gasteiger partial charge in [-0.15, -0.1) is 0 Å². The van der Waals surface area contributed by atoms with Crippen molar-refractivity contribution in [2.24, 2.45) is 5.41 Å². The molecule has 1 aliphatic heterocycles. The number of para-hydroxylation sites is 1. The highest BCUT2D eigenvalue weighted by atomic mass is 35.5. The second-order valence-corrected chi connectivity index (χ2v) is 13.1. The average molecular weight is 615 g/mol. The van der Waals surface area contributed by atoms with Crippen LogP contribution in [-0.2, 0) is 9.53 Å². The Morgan fingerprint density at radius 2 is 1.82 bits per heavy atom. The number of anilines is 1. The van der Waals surface area contributed by atoms with E-state index in [4.69, 9.17) is 26.4 Å². The molecular weight excluding hydrogens is 576 g/mol. The highest BCUT2D eigenvalue weighted by Gasteiger charge is 2.37. The van der Waals surface area contributed by atoms with E-state index < -0.39 is 17.7 Å². The van der Waals surface area contributed by atoms with Crippen LogP contribution in [-0.4, -0.2) is 49.5 Å². The summed E-state index contributed by atoms with van der Waals surface area (Å²) in [5.41, 5.74) is 3.27. The fourth-order valence-corrected chi connectivity index (χ4v) is 5.97. The first-order valence-corrected chi connectivity index (χ1v) is 15.1. The number of nitrogens with zero attached hydrogens (tertiary/aromatic N) is 4. The van der Waals surface area contributed by atoms with Crippen LogP contribution in [0.5, 0.6) is 5.75 Å². The van der Waals surface area contributed by atoms with Crippen molar-refractivity contribution in [1.82, 2.24) is 14.6 Å². The third-order valence-electron chi connectivity index (χ3n) is 8.05. The van der Waals surface area contributed by atoms with Gasteiger partial charge in [-0.05, 0) is 69.7 Å². The van der Waals surface area contributed by atoms with E-state index in [0.717, 1.165) is 18.4 Å². The molecule has 0 bridgehead atoms. The van der Waals surface area contributed by atoms with Gasteiger partial charge in [0.05, 0.1) is 16.9 Å². The fourth-order valence-electron chi connectivity index (χ4n) is 5.78. The van der Waals surface area contributed by atoms with Crippen LogP contribution in [0.15, 0.2) is 73.3 Å². The molecule has 230 valence electrons. The molecule has 1 atom stereocenters. The number of hydrogen-bond donors (Lipinski definition) is 2. The summed E-state index contributed by atoms with van der Waals surface area (Å²) in [7, 11) is 0. The lowest BCUT2D eigenvalue weighted by atomic mass is 9.80. The van der Waals surface area contributed by atoms with E-state index in [1.807, 2.05) is 64.1 Å². The van der Waals surface area contributed by atoms with Crippen LogP contribution in [0.3, 0.4) is 0 Å². The molecule has 2 aromatic heterocycles. The molecule has 44 heavy (non-hydrogen) atoms. The van der Waals surface area contributed by atoms with E-state index in [1.54, 1.807) is 28.8 Å². The van der Waals surface area contributed by atoms with E-state index in [2.05, 4.69) is 24.5 Å². The van der Waals surface area contributed by atoms with Crippen molar-refractivity contribution in [3.63, 3.8) is 0 Å². The highest BCUT2D eigenvalue weighted by Crippen LogP contribution is 2.42. The molecule has 0 saturated carbocycles. The zero-order valence-corrected chi connectivity index (χ0v) is 26.6. The number of ether oxygens (including phenoxy) is 1. The number of carboxylic acid groups (broad SMARTS) is 1. The SMILES string of the molecule is C=CC=CC1(C)CCN(c2c(C(OC(C)(C)C)C(=O)O)c(C)nc3cc(-c4cccc(-c5cccc(Cl)c5)c4O)nn23)CC1. The minimum atomic E-state index is -1.26. The van der Waals surface area contributed by atoms with Gasteiger partial charge in [-0.25, -0.2) is 9.78 Å². The molecule has 1 saturated heterocycles. The van der Waals surface area contributed by atoms with E-state index >= 15 is 0 Å². The Balaban J connectivity index is 1.69. The summed E-state index contributed by atoms with van der Waals surface area (Å²) in [4.78, 5) is 19.7. The lowest BCUT2D eigenvalue weighted by Crippen LogP contribution is -2.40. The zero-order chi connectivity index (χ0) is 31.8. The quantitative estimate of drug-likeness (QED) is 0.194. The molecule has 1 unspecified atom stereocenters. The molecule has 4 aromatic rings. The topological polar surface area (TPSA) is 100 Å². The maximum atomic E-state index is 12.7. The normalized spacial score (nSPS) is 16.0. The van der Waals surface area contributed by atoms with Crippen LogP contribution >= 0.6 is 11.6 Å². The number of aryl methyl sites for hydroxylation is 1. The van der Waals surface area contributed by atoms with Gasteiger partial charge in [-0.2, -0.15) is 9.61 Å². The average Bonchev–Trinajstić information content (AvgIpc) is 3.37. The third-order valence-corrected chi connectivity index (χ3v) is 8.28. The van der Waals surface area contributed by atoms with Crippen molar-refractivity contribution in [2.45, 2.75) is 59.2 Å². The Hall–Kier alpha value is -4.14. The van der Waals surface area contributed by atoms with E-state index in [1.165, 1.54) is 0 Å². The number of rotatable bonds is 8. The summed E-state index contributed by atoms with van der Waals surface area (Å²) in [5, 5.41) is 27.3. The van der Waals surface area contributed by atoms with E-state index in [9.17, 15) is 15.0 Å². The van der Waals surface area contributed by atoms with Gasteiger partial charge in [0.1, 0.15) is 11.6 Å². The van der Waals surface area contributed by atoms with Gasteiger partial charge in [0.25, 0.3) is 0 Å². The number of aromatic nitrogens is 3. The molecule has 0 amide bonds. The molecule has 8 nitrogen and oxygen atoms in total. The fraction of sp³-hybridized carbons (Fsp3) is 0.343. The highest BCUT2D eigenvalue weighted by molar-refractivity contribution is 6.30. The number of carbonyl (C=O) groups is 1. The van der Waals surface area contributed by atoms with Crippen LogP contribution in [0, 0.1) is 12.3 Å². The first-order chi connectivity index (χ1) is 20.8. The Bertz CT molecular complexity index is 1750. The van der Waals surface area contributed by atoms with Gasteiger partial charge in [0.2, 0.25) is 0 Å². The maximum absolute atomic E-state index is 12.7. The van der Waals surface area contributed by atoms with Crippen molar-refractivity contribution in [3.8, 4) is 28.1 Å². The lowest BCUT2D eigenvalue weighted by Gasteiger charge is -2.40. The van der Waals surface area contributed by atoms with Crippen molar-refractivity contribution in [3.05, 3.63) is 89.6 Å². The number of fused-ring (bicyclic) bond motifs is 1. The number of carboxylic acids is 1. The summed E-state index contributed by atoms with van der Waals surface area (Å²) >= 11 is 6.24. The number of aliphatic carboxylic acids is 1. The van der Waals surface area contributed by atoms with Crippen molar-refractivity contribution >= 4 is 29.0 Å². The predicted molar refractivity (Wildman–Crippen MR) is 175 cm³/mol. The van der Waals surface area contributed by atoms with Crippen LogP contribution in [0.2, 0.25) is 5.02 Å². The lowest BCUT2D eigenvalue weighted by molar-refractivity contribution is -0.160. The summed E-state index contributed by atoms with van der Waals surface area (Å²) < 4.78 is 7.85. The molecule has 0 spiro atoms. The second-order valence-electron chi connectivity index (χ2n) is 12.6. The Labute approximate surface area is 263 Å². The minimum Gasteiger partial charge on any atom is -0.507 e. The van der Waals surface area contributed by atoms with Crippen molar-refractivity contribution in [1.29, 1.82) is 0 Å². The summed E-state index contributed by atoms with van der Waals surface area (Å²) in [6.07, 6.45) is 6.41. The summed E-state index contributed by atoms with van der Waals surface area (Å²) in [6, 6.07) is 14.6. The molecule has 2 aromatic carbocycles. The number of allylic oxidation sites excluding steroid dienone is 3. The monoisotopic (exact) mass is 614 g/mol. The van der Waals surface area contributed by atoms with E-state index in [0.29, 0.717) is 57.7 Å². The molecule has 1 aliphatic rings. The number of hydrogen-bond acceptors (Lipinski definition) is 6. The van der Waals surface area contributed by atoms with Gasteiger partial charge in [0, 0.05) is 41.0 Å². The first kappa shape index (κ1) is 31.3. The van der Waals surface area contributed by atoms with Gasteiger partial charge in [-0.3, -0.25) is 0 Å². The number of phenols is 1. The smallest absolute Gasteiger partial charge is 0.337 e. The number of benzene rings is 2. The van der Waals surface area contributed by atoms with Gasteiger partial charge in [0.15, 0.2) is 11.8 Å². The van der Waals surface area contributed by atoms with Crippen molar-refractivity contribution in [2.75, 3.05) is 18.0 Å². The number of halogens is 1. The number of aromatic hydroxyl groups is 1. The molecule has 5 rings (SSSR count). The standard InChI is InChI=1S/C35H39ClN4O4/c1-7-8-15-35(6)16-18-39(19-17-35)32-29(31(33(42)43)44-34(3,4)5)22(2)37-28-21-27(38-40(28)32)26-14-10-13-25(30(26)41)23-11-9-12-24(36)20-23/h7-15,20-21,31,41H,1,16-19H2,2-6H3,(H,42,43). The molecule has 9 heteroatoms. The minimum absolute atomic E-state index is 0.0119. The summed E-state index contributed by atoms with van der Waals surface area (Å²) in [6.45, 7) is 14.7. The Morgan fingerprint density at radius 3 is 2.45 bits per heavy atom. The zero-order valence-electron chi connectivity index (χ0n) is 25.8. The van der Waals surface area contributed by atoms with Crippen LogP contribution in [0.1, 0.15) is 57.9 Å². The molecule has 1 fully saturated rings. The summed E-state index contributed by atoms with van der Waals surface area (Å²) in [5.74, 6) is -0.394. The largest absolute Gasteiger partial charge is 0.507 e. The second kappa shape index (κ2) is 12.1. The molecule has 0 aliphatic carbocycles. The Kier molecular flexibility index (Phi) is 8.60. The van der Waals surface area contributed by atoms with Gasteiger partial charge >= 0.3 is 5.97 Å². The third kappa shape index (κ3) is 6.37.